The van der Waals surface area contributed by atoms with Crippen molar-refractivity contribution in [2.45, 2.75) is 26.7 Å². The predicted molar refractivity (Wildman–Crippen MR) is 261 cm³/mol. The summed E-state index contributed by atoms with van der Waals surface area (Å²) in [6, 6.07) is 4.75. The summed E-state index contributed by atoms with van der Waals surface area (Å²) in [6.07, 6.45) is 1.09. The second-order valence-electron chi connectivity index (χ2n) is 10.0. The average molecular weight is 988 g/mol. The molecule has 8 aliphatic heterocycles. The van der Waals surface area contributed by atoms with E-state index in [4.69, 9.17) is 0 Å². The zero-order valence-electron chi connectivity index (χ0n) is 25.9. The molecule has 8 aliphatic rings. The van der Waals surface area contributed by atoms with Crippen LogP contribution in [0.15, 0.2) is 80.3 Å². The van der Waals surface area contributed by atoms with E-state index >= 15 is 0 Å². The molecule has 0 radical (unpaired) electrons. The topological polar surface area (TPSA) is 47.6 Å². The van der Waals surface area contributed by atoms with E-state index in [2.05, 4.69) is 26.0 Å². The van der Waals surface area contributed by atoms with Crippen LogP contribution in [0.4, 0.5) is 0 Å². The Morgan fingerprint density at radius 1 is 0.420 bits per heavy atom. The zero-order chi connectivity index (χ0) is 34.2. The molecule has 0 spiro atoms. The fourth-order valence-electron chi connectivity index (χ4n) is 4.39. The van der Waals surface area contributed by atoms with Gasteiger partial charge in [0.05, 0.1) is 63.0 Å². The molecule has 50 heavy (non-hydrogen) atoms. The molecule has 0 saturated carbocycles. The van der Waals surface area contributed by atoms with E-state index in [9.17, 15) is 10.5 Å². The maximum Gasteiger partial charge on any atom is 0.0717 e. The van der Waals surface area contributed by atoms with Gasteiger partial charge in [0.2, 0.25) is 0 Å². The minimum absolute atomic E-state index is 0.545. The van der Waals surface area contributed by atoms with Crippen LogP contribution in [-0.2, 0) is 0 Å². The normalized spacial score (nSPS) is 24.3. The van der Waals surface area contributed by atoms with Crippen molar-refractivity contribution in [2.24, 2.45) is 0 Å². The van der Waals surface area contributed by atoms with Gasteiger partial charge in [-0.2, -0.15) is 10.5 Å². The van der Waals surface area contributed by atoms with E-state index in [1.54, 1.807) is 0 Å². The second kappa shape index (κ2) is 18.7. The Morgan fingerprint density at radius 3 is 1.12 bits per heavy atom. The van der Waals surface area contributed by atoms with Crippen molar-refractivity contribution in [1.82, 2.24) is 0 Å². The third-order valence-electron chi connectivity index (χ3n) is 6.69. The minimum Gasteiger partial charge on any atom is -0.198 e. The molecule has 0 unspecified atom stereocenters. The SMILES string of the molecule is CC1=C(C)SC(=C2SC(SCCC#N)=C(C3=C(C4=C(SCCC#N)SC(=C5SC6=C(SCCS6)S5)S4)SC(=C4SC5=C(SCCS5)S4)S3)S2)S1. The highest BCUT2D eigenvalue weighted by Gasteiger charge is 2.41. The Balaban J connectivity index is 1.19. The molecule has 0 N–H and O–H groups in total. The summed E-state index contributed by atoms with van der Waals surface area (Å²) in [4.78, 5) is 8.25. The highest BCUT2D eigenvalue weighted by molar-refractivity contribution is 8.45. The molecule has 0 fully saturated rings. The summed E-state index contributed by atoms with van der Waals surface area (Å²) in [6.45, 7) is 4.46. The molecule has 0 bridgehead atoms. The van der Waals surface area contributed by atoms with E-state index in [0.717, 1.165) is 11.5 Å². The third-order valence-corrected chi connectivity index (χ3v) is 33.4. The Hall–Kier alpha value is 2.94. The lowest BCUT2D eigenvalue weighted by Gasteiger charge is -2.10. The van der Waals surface area contributed by atoms with Crippen LogP contribution in [0, 0.1) is 22.7 Å². The van der Waals surface area contributed by atoms with Crippen molar-refractivity contribution in [2.75, 3.05) is 34.5 Å². The van der Waals surface area contributed by atoms with Gasteiger partial charge in [0.15, 0.2) is 0 Å². The lowest BCUT2D eigenvalue weighted by atomic mass is 10.4. The first-order chi connectivity index (χ1) is 24.5. The molecular formula is C30H22N2S18. The van der Waals surface area contributed by atoms with Crippen molar-refractivity contribution in [3.63, 3.8) is 0 Å². The molecule has 0 aromatic rings. The molecule has 0 aromatic carbocycles. The maximum atomic E-state index is 9.46. The van der Waals surface area contributed by atoms with E-state index in [1.807, 2.05) is 212 Å². The molecule has 0 aromatic heterocycles. The van der Waals surface area contributed by atoms with E-state index < -0.39 is 0 Å². The number of nitrogens with zero attached hydrogens (tertiary/aromatic N) is 2. The van der Waals surface area contributed by atoms with Gasteiger partial charge in [-0.05, 0) is 23.7 Å². The molecule has 0 atom stereocenters. The lowest BCUT2D eigenvalue weighted by Crippen LogP contribution is -1.88. The van der Waals surface area contributed by atoms with Crippen LogP contribution in [0.2, 0.25) is 0 Å². The standard InChI is InChI=1S/C30H22N2S18/c1-13-14(2)40-25(39-13)27-43-17(19(45-27)33-7-3-5-31)15-16(42-26(41-15)29-47-21-22(48-29)36-10-9-35-21)18-20(34-8-4-6-32)46-28(44-18)30-49-23-24(50-30)38-12-11-37-23/h3-4,7-12H2,1-2H3. The highest BCUT2D eigenvalue weighted by atomic mass is 32.3. The van der Waals surface area contributed by atoms with Crippen LogP contribution in [0.3, 0.4) is 0 Å². The molecule has 8 heterocycles. The molecule has 8 rings (SSSR count). The van der Waals surface area contributed by atoms with E-state index in [-0.39, 0.29) is 0 Å². The quantitative estimate of drug-likeness (QED) is 0.217. The summed E-state index contributed by atoms with van der Waals surface area (Å²) in [5.74, 6) is 6.36. The van der Waals surface area contributed by atoms with Gasteiger partial charge in [-0.3, -0.25) is 0 Å². The van der Waals surface area contributed by atoms with Crippen LogP contribution < -0.4 is 0 Å². The first-order valence-electron chi connectivity index (χ1n) is 14.8. The molecule has 20 heteroatoms. The highest BCUT2D eigenvalue weighted by Crippen LogP contribution is 2.73. The summed E-state index contributed by atoms with van der Waals surface area (Å²) in [5.41, 5.74) is 0. The number of hydrogen-bond donors (Lipinski definition) is 0. The minimum atomic E-state index is 0.545. The van der Waals surface area contributed by atoms with Gasteiger partial charge < -0.3 is 0 Å². The molecule has 0 amide bonds. The zero-order valence-corrected chi connectivity index (χ0v) is 40.6. The summed E-state index contributed by atoms with van der Waals surface area (Å²) < 4.78 is 17.0. The number of allylic oxidation sites excluding steroid dienone is 2. The Morgan fingerprint density at radius 2 is 0.740 bits per heavy atom. The monoisotopic (exact) mass is 986 g/mol. The molecule has 260 valence electrons. The largest absolute Gasteiger partial charge is 0.198 e. The molecule has 0 aliphatic carbocycles. The third kappa shape index (κ3) is 8.98. The Bertz CT molecular complexity index is 1860. The van der Waals surface area contributed by atoms with Gasteiger partial charge in [-0.25, -0.2) is 0 Å². The van der Waals surface area contributed by atoms with Gasteiger partial charge in [-0.1, -0.05) is 141 Å². The van der Waals surface area contributed by atoms with Crippen LogP contribution >= 0.6 is 212 Å². The maximum absolute atomic E-state index is 9.46. The Labute approximate surface area is 370 Å². The summed E-state index contributed by atoms with van der Waals surface area (Å²) in [7, 11) is 0. The number of hydrogen-bond acceptors (Lipinski definition) is 20. The fraction of sp³-hybridized carbons (Fsp3) is 0.333. The van der Waals surface area contributed by atoms with E-state index in [1.165, 1.54) is 103 Å². The van der Waals surface area contributed by atoms with Crippen molar-refractivity contribution < 1.29 is 0 Å². The van der Waals surface area contributed by atoms with Gasteiger partial charge >= 0.3 is 0 Å². The summed E-state index contributed by atoms with van der Waals surface area (Å²) in [5, 5.41) is 18.9. The number of thioether (sulfide) groups is 18. The number of rotatable bonds is 8. The van der Waals surface area contributed by atoms with Crippen molar-refractivity contribution in [3.05, 3.63) is 80.3 Å². The van der Waals surface area contributed by atoms with Crippen LogP contribution in [0.25, 0.3) is 0 Å². The van der Waals surface area contributed by atoms with Gasteiger partial charge in [-0.15, -0.1) is 70.6 Å². The van der Waals surface area contributed by atoms with Gasteiger partial charge in [0.25, 0.3) is 0 Å². The smallest absolute Gasteiger partial charge is 0.0717 e. The van der Waals surface area contributed by atoms with Gasteiger partial charge in [0, 0.05) is 67.0 Å². The second-order valence-corrected chi connectivity index (χ2v) is 32.4. The van der Waals surface area contributed by atoms with Crippen LogP contribution in [0.1, 0.15) is 26.7 Å². The van der Waals surface area contributed by atoms with Crippen LogP contribution in [0.5, 0.6) is 0 Å². The first kappa shape index (κ1) is 39.8. The lowest BCUT2D eigenvalue weighted by molar-refractivity contribution is 1.24. The first-order valence-corrected chi connectivity index (χ1v) is 30.5. The van der Waals surface area contributed by atoms with Crippen molar-refractivity contribution in [3.8, 4) is 12.1 Å². The molecule has 2 nitrogen and oxygen atoms in total. The van der Waals surface area contributed by atoms with Crippen LogP contribution in [-0.4, -0.2) is 34.5 Å². The molecular weight excluding hydrogens is 966 g/mol. The molecule has 0 saturated heterocycles. The Kier molecular flexibility index (Phi) is 14.9. The van der Waals surface area contributed by atoms with Crippen molar-refractivity contribution in [1.29, 1.82) is 10.5 Å². The van der Waals surface area contributed by atoms with Crippen molar-refractivity contribution >= 4 is 212 Å². The number of nitriles is 2. The average Bonchev–Trinajstić information content (AvgIpc) is 3.96. The summed E-state index contributed by atoms with van der Waals surface area (Å²) >= 11 is 35.2. The van der Waals surface area contributed by atoms with Gasteiger partial charge in [0.1, 0.15) is 0 Å². The van der Waals surface area contributed by atoms with E-state index in [0.29, 0.717) is 12.8 Å². The predicted octanol–water partition coefficient (Wildman–Crippen LogP) is 16.6. The fourth-order valence-corrected chi connectivity index (χ4v) is 31.3.